The highest BCUT2D eigenvalue weighted by molar-refractivity contribution is 5.78. The standard InChI is InChI=1S/C14H28O2/c1-13(2,3)9-7-12(15)8-10-16-11-14(4,5)6/h7-11H2,1-6H3. The van der Waals surface area contributed by atoms with Crippen LogP contribution in [0.4, 0.5) is 0 Å². The van der Waals surface area contributed by atoms with Crippen molar-refractivity contribution in [1.82, 2.24) is 0 Å². The predicted octanol–water partition coefficient (Wildman–Crippen LogP) is 3.83. The molecule has 2 nitrogen and oxygen atoms in total. The third-order valence-electron chi connectivity index (χ3n) is 2.21. The lowest BCUT2D eigenvalue weighted by molar-refractivity contribution is -0.120. The second-order valence-electron chi connectivity index (χ2n) is 6.96. The molecular weight excluding hydrogens is 200 g/mol. The van der Waals surface area contributed by atoms with E-state index in [1.54, 1.807) is 0 Å². The molecule has 0 heterocycles. The summed E-state index contributed by atoms with van der Waals surface area (Å²) in [6, 6.07) is 0. The van der Waals surface area contributed by atoms with Crippen LogP contribution in [0, 0.1) is 10.8 Å². The molecule has 0 radical (unpaired) electrons. The summed E-state index contributed by atoms with van der Waals surface area (Å²) in [6.07, 6.45) is 2.21. The number of rotatable bonds is 6. The van der Waals surface area contributed by atoms with E-state index in [1.807, 2.05) is 0 Å². The molecule has 0 atom stereocenters. The van der Waals surface area contributed by atoms with E-state index in [2.05, 4.69) is 41.5 Å². The molecule has 0 aliphatic heterocycles. The number of hydrogen-bond acceptors (Lipinski definition) is 2. The molecule has 0 saturated heterocycles. The van der Waals surface area contributed by atoms with Gasteiger partial charge in [-0.1, -0.05) is 41.5 Å². The largest absolute Gasteiger partial charge is 0.380 e. The normalized spacial score (nSPS) is 12.9. The summed E-state index contributed by atoms with van der Waals surface area (Å²) < 4.78 is 5.48. The number of carbonyl (C=O) groups is 1. The van der Waals surface area contributed by atoms with Crippen LogP contribution in [-0.2, 0) is 9.53 Å². The first-order valence-corrected chi connectivity index (χ1v) is 6.20. The maximum atomic E-state index is 11.5. The summed E-state index contributed by atoms with van der Waals surface area (Å²) in [6.45, 7) is 14.2. The van der Waals surface area contributed by atoms with Crippen LogP contribution in [0.2, 0.25) is 0 Å². The number of ether oxygens (including phenoxy) is 1. The van der Waals surface area contributed by atoms with Crippen LogP contribution in [0.15, 0.2) is 0 Å². The van der Waals surface area contributed by atoms with Gasteiger partial charge in [-0.25, -0.2) is 0 Å². The molecule has 2 heteroatoms. The topological polar surface area (TPSA) is 26.3 Å². The Morgan fingerprint density at radius 3 is 1.94 bits per heavy atom. The van der Waals surface area contributed by atoms with Gasteiger partial charge in [0.2, 0.25) is 0 Å². The zero-order chi connectivity index (χ0) is 12.8. The maximum Gasteiger partial charge on any atom is 0.135 e. The van der Waals surface area contributed by atoms with Crippen molar-refractivity contribution in [2.75, 3.05) is 13.2 Å². The molecule has 0 aromatic rings. The predicted molar refractivity (Wildman–Crippen MR) is 68.6 cm³/mol. The average molecular weight is 228 g/mol. The summed E-state index contributed by atoms with van der Waals surface area (Å²) in [5, 5.41) is 0. The zero-order valence-electron chi connectivity index (χ0n) is 11.9. The molecule has 0 aromatic heterocycles. The Labute approximate surface area is 101 Å². The van der Waals surface area contributed by atoms with Crippen molar-refractivity contribution in [3.8, 4) is 0 Å². The van der Waals surface area contributed by atoms with E-state index in [0.717, 1.165) is 13.0 Å². The molecule has 0 fully saturated rings. The highest BCUT2D eigenvalue weighted by Crippen LogP contribution is 2.21. The quantitative estimate of drug-likeness (QED) is 0.646. The van der Waals surface area contributed by atoms with Crippen LogP contribution in [0.1, 0.15) is 60.8 Å². The molecule has 0 amide bonds. The van der Waals surface area contributed by atoms with Gasteiger partial charge in [-0.05, 0) is 17.3 Å². The Hall–Kier alpha value is -0.370. The van der Waals surface area contributed by atoms with Crippen LogP contribution in [0.5, 0.6) is 0 Å². The molecular formula is C14H28O2. The van der Waals surface area contributed by atoms with Gasteiger partial charge in [0.25, 0.3) is 0 Å². The number of hydrogen-bond donors (Lipinski definition) is 0. The highest BCUT2D eigenvalue weighted by atomic mass is 16.5. The van der Waals surface area contributed by atoms with Crippen LogP contribution >= 0.6 is 0 Å². The highest BCUT2D eigenvalue weighted by Gasteiger charge is 2.13. The zero-order valence-corrected chi connectivity index (χ0v) is 11.9. The lowest BCUT2D eigenvalue weighted by atomic mass is 9.89. The molecule has 0 aromatic carbocycles. The van der Waals surface area contributed by atoms with E-state index < -0.39 is 0 Å². The van der Waals surface area contributed by atoms with Gasteiger partial charge >= 0.3 is 0 Å². The molecule has 0 rings (SSSR count). The Morgan fingerprint density at radius 2 is 1.50 bits per heavy atom. The van der Waals surface area contributed by atoms with Gasteiger partial charge in [0, 0.05) is 12.8 Å². The molecule has 96 valence electrons. The second-order valence-corrected chi connectivity index (χ2v) is 6.96. The van der Waals surface area contributed by atoms with E-state index in [1.165, 1.54) is 0 Å². The first-order valence-electron chi connectivity index (χ1n) is 6.20. The second kappa shape index (κ2) is 6.39. The molecule has 0 aliphatic rings. The van der Waals surface area contributed by atoms with E-state index in [4.69, 9.17) is 4.74 Å². The van der Waals surface area contributed by atoms with Gasteiger partial charge in [-0.15, -0.1) is 0 Å². The van der Waals surface area contributed by atoms with E-state index in [0.29, 0.717) is 25.2 Å². The van der Waals surface area contributed by atoms with E-state index in [9.17, 15) is 4.79 Å². The SMILES string of the molecule is CC(C)(C)CCC(=O)CCOCC(C)(C)C. The third-order valence-corrected chi connectivity index (χ3v) is 2.21. The number of ketones is 1. The van der Waals surface area contributed by atoms with Crippen LogP contribution < -0.4 is 0 Å². The Bertz CT molecular complexity index is 206. The van der Waals surface area contributed by atoms with Crippen molar-refractivity contribution in [2.24, 2.45) is 10.8 Å². The Kier molecular flexibility index (Phi) is 6.24. The van der Waals surface area contributed by atoms with Gasteiger partial charge in [0.1, 0.15) is 5.78 Å². The molecule has 0 unspecified atom stereocenters. The van der Waals surface area contributed by atoms with Crippen molar-refractivity contribution < 1.29 is 9.53 Å². The molecule has 0 spiro atoms. The van der Waals surface area contributed by atoms with Crippen LogP contribution in [-0.4, -0.2) is 19.0 Å². The molecule has 0 aliphatic carbocycles. The van der Waals surface area contributed by atoms with Crippen molar-refractivity contribution in [3.05, 3.63) is 0 Å². The first kappa shape index (κ1) is 15.6. The minimum atomic E-state index is 0.189. The number of Topliss-reactive ketones (excluding diaryl/α,β-unsaturated/α-hetero) is 1. The van der Waals surface area contributed by atoms with Crippen molar-refractivity contribution >= 4 is 5.78 Å². The lowest BCUT2D eigenvalue weighted by Gasteiger charge is -2.18. The molecule has 0 bridgehead atoms. The number of carbonyl (C=O) groups excluding carboxylic acids is 1. The fraction of sp³-hybridized carbons (Fsp3) is 0.929. The van der Waals surface area contributed by atoms with Crippen LogP contribution in [0.3, 0.4) is 0 Å². The minimum Gasteiger partial charge on any atom is -0.380 e. The van der Waals surface area contributed by atoms with Crippen molar-refractivity contribution in [3.63, 3.8) is 0 Å². The van der Waals surface area contributed by atoms with Gasteiger partial charge in [0.05, 0.1) is 13.2 Å². The Balaban J connectivity index is 3.52. The third kappa shape index (κ3) is 11.7. The Morgan fingerprint density at radius 1 is 0.938 bits per heavy atom. The fourth-order valence-electron chi connectivity index (χ4n) is 1.20. The monoisotopic (exact) mass is 228 g/mol. The molecule has 0 saturated carbocycles. The van der Waals surface area contributed by atoms with Crippen LogP contribution in [0.25, 0.3) is 0 Å². The van der Waals surface area contributed by atoms with Gasteiger partial charge < -0.3 is 4.74 Å². The van der Waals surface area contributed by atoms with Gasteiger partial charge in [-0.3, -0.25) is 4.79 Å². The van der Waals surface area contributed by atoms with E-state index >= 15 is 0 Å². The van der Waals surface area contributed by atoms with Crippen molar-refractivity contribution in [2.45, 2.75) is 60.8 Å². The molecule has 0 N–H and O–H groups in total. The summed E-state index contributed by atoms with van der Waals surface area (Å²) in [5.41, 5.74) is 0.441. The fourth-order valence-corrected chi connectivity index (χ4v) is 1.20. The summed E-state index contributed by atoms with van der Waals surface area (Å²) in [7, 11) is 0. The maximum absolute atomic E-state index is 11.5. The summed E-state index contributed by atoms with van der Waals surface area (Å²) in [5.74, 6) is 0.323. The van der Waals surface area contributed by atoms with Gasteiger partial charge in [0.15, 0.2) is 0 Å². The lowest BCUT2D eigenvalue weighted by Crippen LogP contribution is -2.16. The average Bonchev–Trinajstić information content (AvgIpc) is 2.06. The first-order chi connectivity index (χ1) is 7.10. The van der Waals surface area contributed by atoms with E-state index in [-0.39, 0.29) is 10.8 Å². The smallest absolute Gasteiger partial charge is 0.135 e. The van der Waals surface area contributed by atoms with Gasteiger partial charge in [-0.2, -0.15) is 0 Å². The van der Waals surface area contributed by atoms with Crippen molar-refractivity contribution in [1.29, 1.82) is 0 Å². The summed E-state index contributed by atoms with van der Waals surface area (Å²) >= 11 is 0. The summed E-state index contributed by atoms with van der Waals surface area (Å²) in [4.78, 5) is 11.5. The minimum absolute atomic E-state index is 0.189. The molecule has 16 heavy (non-hydrogen) atoms.